The van der Waals surface area contributed by atoms with Gasteiger partial charge in [-0.05, 0) is 30.7 Å². The molecule has 0 bridgehead atoms. The van der Waals surface area contributed by atoms with Crippen molar-refractivity contribution >= 4 is 11.6 Å². The Morgan fingerprint density at radius 3 is 2.34 bits per heavy atom. The molecule has 0 aliphatic carbocycles. The van der Waals surface area contributed by atoms with E-state index in [0.717, 1.165) is 61.1 Å². The van der Waals surface area contributed by atoms with Crippen molar-refractivity contribution < 1.29 is 8.81 Å². The standard InChI is InChI=1S/C20H24ClFN6O/c1-3-17-16(19(21)26(2)25-17)12-27-8-10-28(11-9-27)13-18-23-24-20(29-18)14-4-6-15(22)7-5-14/h4-7H,3,8-13H2,1-2H3. The van der Waals surface area contributed by atoms with Crippen LogP contribution in [0.4, 0.5) is 4.39 Å². The van der Waals surface area contributed by atoms with Crippen molar-refractivity contribution in [3.05, 3.63) is 52.4 Å². The molecule has 3 heterocycles. The molecular formula is C20H24ClFN6O. The molecule has 0 N–H and O–H groups in total. The smallest absolute Gasteiger partial charge is 0.247 e. The minimum absolute atomic E-state index is 0.287. The molecule has 0 radical (unpaired) electrons. The van der Waals surface area contributed by atoms with E-state index in [1.165, 1.54) is 12.1 Å². The summed E-state index contributed by atoms with van der Waals surface area (Å²) in [6.45, 7) is 7.22. The second kappa shape index (κ2) is 8.61. The zero-order chi connectivity index (χ0) is 20.4. The largest absolute Gasteiger partial charge is 0.419 e. The van der Waals surface area contributed by atoms with Gasteiger partial charge in [-0.2, -0.15) is 5.10 Å². The molecule has 4 rings (SSSR count). The Bertz CT molecular complexity index is 962. The van der Waals surface area contributed by atoms with Gasteiger partial charge < -0.3 is 4.42 Å². The molecule has 1 aliphatic rings. The van der Waals surface area contributed by atoms with Gasteiger partial charge in [0.2, 0.25) is 11.8 Å². The topological polar surface area (TPSA) is 63.2 Å². The average Bonchev–Trinajstić information content (AvgIpc) is 3.30. The molecule has 0 amide bonds. The summed E-state index contributed by atoms with van der Waals surface area (Å²) in [5.41, 5.74) is 2.92. The molecule has 154 valence electrons. The van der Waals surface area contributed by atoms with Crippen molar-refractivity contribution in [3.63, 3.8) is 0 Å². The number of halogens is 2. The lowest BCUT2D eigenvalue weighted by Crippen LogP contribution is -2.45. The van der Waals surface area contributed by atoms with Crippen LogP contribution in [-0.2, 0) is 26.6 Å². The molecule has 2 aromatic heterocycles. The molecule has 0 unspecified atom stereocenters. The van der Waals surface area contributed by atoms with E-state index in [-0.39, 0.29) is 5.82 Å². The van der Waals surface area contributed by atoms with Gasteiger partial charge >= 0.3 is 0 Å². The Labute approximate surface area is 174 Å². The second-order valence-corrected chi connectivity index (χ2v) is 7.61. The molecule has 0 saturated carbocycles. The first kappa shape index (κ1) is 20.0. The molecule has 3 aromatic rings. The van der Waals surface area contributed by atoms with E-state index >= 15 is 0 Å². The zero-order valence-corrected chi connectivity index (χ0v) is 17.4. The Balaban J connectivity index is 1.32. The van der Waals surface area contributed by atoms with Gasteiger partial charge in [0.1, 0.15) is 11.0 Å². The Morgan fingerprint density at radius 2 is 1.69 bits per heavy atom. The number of hydrogen-bond acceptors (Lipinski definition) is 6. The van der Waals surface area contributed by atoms with Crippen LogP contribution in [0.1, 0.15) is 24.1 Å². The Kier molecular flexibility index (Phi) is 5.94. The Hall–Kier alpha value is -2.29. The first-order valence-electron chi connectivity index (χ1n) is 9.76. The first-order valence-corrected chi connectivity index (χ1v) is 10.1. The molecular weight excluding hydrogens is 395 g/mol. The van der Waals surface area contributed by atoms with Gasteiger partial charge in [0.05, 0.1) is 12.2 Å². The van der Waals surface area contributed by atoms with Gasteiger partial charge in [-0.3, -0.25) is 14.5 Å². The van der Waals surface area contributed by atoms with Crippen LogP contribution in [0.2, 0.25) is 5.15 Å². The van der Waals surface area contributed by atoms with E-state index in [2.05, 4.69) is 32.0 Å². The van der Waals surface area contributed by atoms with Crippen LogP contribution in [0.25, 0.3) is 11.5 Å². The normalized spacial score (nSPS) is 15.9. The summed E-state index contributed by atoms with van der Waals surface area (Å²) in [6, 6.07) is 6.05. The van der Waals surface area contributed by atoms with Crippen LogP contribution in [0.3, 0.4) is 0 Å². The maximum absolute atomic E-state index is 13.1. The lowest BCUT2D eigenvalue weighted by molar-refractivity contribution is 0.114. The molecule has 0 spiro atoms. The summed E-state index contributed by atoms with van der Waals surface area (Å²) in [4.78, 5) is 4.69. The summed E-state index contributed by atoms with van der Waals surface area (Å²) in [5.74, 6) is 0.697. The number of aromatic nitrogens is 4. The van der Waals surface area contributed by atoms with Crippen molar-refractivity contribution in [1.82, 2.24) is 29.8 Å². The molecule has 7 nitrogen and oxygen atoms in total. The van der Waals surface area contributed by atoms with E-state index in [1.807, 2.05) is 7.05 Å². The van der Waals surface area contributed by atoms with Crippen LogP contribution in [0.5, 0.6) is 0 Å². The lowest BCUT2D eigenvalue weighted by atomic mass is 10.2. The zero-order valence-electron chi connectivity index (χ0n) is 16.6. The summed E-state index contributed by atoms with van der Waals surface area (Å²) in [6.07, 6.45) is 0.878. The third kappa shape index (κ3) is 4.49. The number of benzene rings is 1. The van der Waals surface area contributed by atoms with Gasteiger partial charge in [-0.1, -0.05) is 18.5 Å². The number of piperazine rings is 1. The number of rotatable bonds is 6. The predicted molar refractivity (Wildman–Crippen MR) is 108 cm³/mol. The summed E-state index contributed by atoms with van der Waals surface area (Å²) in [5, 5.41) is 13.4. The van der Waals surface area contributed by atoms with Crippen LogP contribution < -0.4 is 0 Å². The van der Waals surface area contributed by atoms with Crippen molar-refractivity contribution in [1.29, 1.82) is 0 Å². The fraction of sp³-hybridized carbons (Fsp3) is 0.450. The van der Waals surface area contributed by atoms with Gasteiger partial charge in [0.25, 0.3) is 0 Å². The third-order valence-electron chi connectivity index (χ3n) is 5.25. The highest BCUT2D eigenvalue weighted by atomic mass is 35.5. The fourth-order valence-corrected chi connectivity index (χ4v) is 3.79. The average molecular weight is 419 g/mol. The van der Waals surface area contributed by atoms with Gasteiger partial charge in [0, 0.05) is 50.9 Å². The van der Waals surface area contributed by atoms with Gasteiger partial charge in [-0.25, -0.2) is 4.39 Å². The SMILES string of the molecule is CCc1nn(C)c(Cl)c1CN1CCN(Cc2nnc(-c3ccc(F)cc3)o2)CC1. The highest BCUT2D eigenvalue weighted by Crippen LogP contribution is 2.23. The highest BCUT2D eigenvalue weighted by molar-refractivity contribution is 6.30. The monoisotopic (exact) mass is 418 g/mol. The highest BCUT2D eigenvalue weighted by Gasteiger charge is 2.22. The van der Waals surface area contributed by atoms with Crippen molar-refractivity contribution in [2.75, 3.05) is 26.2 Å². The quantitative estimate of drug-likeness (QED) is 0.612. The third-order valence-corrected chi connectivity index (χ3v) is 5.72. The molecule has 1 saturated heterocycles. The number of aryl methyl sites for hydroxylation is 2. The first-order chi connectivity index (χ1) is 14.0. The molecule has 9 heteroatoms. The van der Waals surface area contributed by atoms with Crippen LogP contribution in [0, 0.1) is 5.82 Å². The van der Waals surface area contributed by atoms with Crippen molar-refractivity contribution in [2.24, 2.45) is 7.05 Å². The van der Waals surface area contributed by atoms with E-state index in [0.29, 0.717) is 18.3 Å². The van der Waals surface area contributed by atoms with E-state index in [1.54, 1.807) is 16.8 Å². The molecule has 29 heavy (non-hydrogen) atoms. The fourth-order valence-electron chi connectivity index (χ4n) is 3.59. The predicted octanol–water partition coefficient (Wildman–Crippen LogP) is 3.14. The van der Waals surface area contributed by atoms with E-state index < -0.39 is 0 Å². The maximum Gasteiger partial charge on any atom is 0.247 e. The van der Waals surface area contributed by atoms with Gasteiger partial charge in [0.15, 0.2) is 0 Å². The minimum atomic E-state index is -0.287. The van der Waals surface area contributed by atoms with Crippen molar-refractivity contribution in [3.8, 4) is 11.5 Å². The number of nitrogens with zero attached hydrogens (tertiary/aromatic N) is 6. The summed E-state index contributed by atoms with van der Waals surface area (Å²) < 4.78 is 20.6. The lowest BCUT2D eigenvalue weighted by Gasteiger charge is -2.33. The molecule has 1 aromatic carbocycles. The van der Waals surface area contributed by atoms with Gasteiger partial charge in [-0.15, -0.1) is 10.2 Å². The number of hydrogen-bond donors (Lipinski definition) is 0. The minimum Gasteiger partial charge on any atom is -0.419 e. The van der Waals surface area contributed by atoms with E-state index in [9.17, 15) is 4.39 Å². The van der Waals surface area contributed by atoms with E-state index in [4.69, 9.17) is 16.0 Å². The maximum atomic E-state index is 13.1. The summed E-state index contributed by atoms with van der Waals surface area (Å²) >= 11 is 6.42. The van der Waals surface area contributed by atoms with Crippen LogP contribution in [0.15, 0.2) is 28.7 Å². The van der Waals surface area contributed by atoms with Crippen molar-refractivity contribution in [2.45, 2.75) is 26.4 Å². The Morgan fingerprint density at radius 1 is 1.03 bits per heavy atom. The molecule has 0 atom stereocenters. The molecule has 1 fully saturated rings. The second-order valence-electron chi connectivity index (χ2n) is 7.25. The van der Waals surface area contributed by atoms with Crippen LogP contribution >= 0.6 is 11.6 Å². The molecule has 1 aliphatic heterocycles. The van der Waals surface area contributed by atoms with Crippen LogP contribution in [-0.4, -0.2) is 56.0 Å². The summed E-state index contributed by atoms with van der Waals surface area (Å²) in [7, 11) is 1.88.